The Morgan fingerprint density at radius 1 is 1.06 bits per heavy atom. The molecule has 0 spiro atoms. The fourth-order valence-electron chi connectivity index (χ4n) is 5.37. The van der Waals surface area contributed by atoms with Gasteiger partial charge in [-0.1, -0.05) is 41.9 Å². The summed E-state index contributed by atoms with van der Waals surface area (Å²) in [4.78, 5) is 20.5. The van der Waals surface area contributed by atoms with Gasteiger partial charge in [-0.2, -0.15) is 0 Å². The summed E-state index contributed by atoms with van der Waals surface area (Å²) in [6.45, 7) is 4.21. The Morgan fingerprint density at radius 3 is 2.82 bits per heavy atom. The number of rotatable bonds is 3. The van der Waals surface area contributed by atoms with Crippen molar-refractivity contribution in [2.45, 2.75) is 57.9 Å². The van der Waals surface area contributed by atoms with Crippen LogP contribution in [0.3, 0.4) is 0 Å². The Kier molecular flexibility index (Phi) is 5.36. The highest BCUT2D eigenvalue weighted by atomic mass is 16.5. The number of likely N-dealkylation sites (tertiary alicyclic amines) is 1. The molecule has 0 radical (unpaired) electrons. The summed E-state index contributed by atoms with van der Waals surface area (Å²) < 4.78 is 7.80. The molecule has 2 aliphatic heterocycles. The first-order valence-corrected chi connectivity index (χ1v) is 12.2. The van der Waals surface area contributed by atoms with Crippen molar-refractivity contribution in [3.8, 4) is 11.3 Å². The molecule has 0 aliphatic carbocycles. The molecule has 1 aromatic carbocycles. The molecule has 3 aromatic heterocycles. The maximum atomic E-state index is 13.9. The van der Waals surface area contributed by atoms with Crippen molar-refractivity contribution in [1.29, 1.82) is 0 Å². The first-order valence-electron chi connectivity index (χ1n) is 12.2. The van der Waals surface area contributed by atoms with Crippen molar-refractivity contribution in [3.63, 3.8) is 0 Å². The first kappa shape index (κ1) is 21.0. The monoisotopic (exact) mass is 456 g/mol. The molecule has 1 saturated heterocycles. The van der Waals surface area contributed by atoms with Crippen LogP contribution in [0.2, 0.25) is 0 Å². The molecule has 0 bridgehead atoms. The molecule has 2 aliphatic rings. The highest BCUT2D eigenvalue weighted by Crippen LogP contribution is 2.32. The lowest BCUT2D eigenvalue weighted by atomic mass is 9.95. The lowest BCUT2D eigenvalue weighted by Crippen LogP contribution is -2.40. The summed E-state index contributed by atoms with van der Waals surface area (Å²) in [5, 5.41) is 13.9. The molecule has 0 N–H and O–H groups in total. The van der Waals surface area contributed by atoms with Gasteiger partial charge in [-0.05, 0) is 38.7 Å². The summed E-state index contributed by atoms with van der Waals surface area (Å²) in [5.74, 6) is 2.34. The number of aromatic nitrogens is 5. The Hall–Kier alpha value is -3.55. The maximum Gasteiger partial charge on any atom is 0.259 e. The van der Waals surface area contributed by atoms with Crippen LogP contribution >= 0.6 is 0 Å². The zero-order valence-electron chi connectivity index (χ0n) is 19.4. The van der Waals surface area contributed by atoms with E-state index in [0.717, 1.165) is 56.0 Å². The van der Waals surface area contributed by atoms with Crippen molar-refractivity contribution in [1.82, 2.24) is 29.8 Å². The smallest absolute Gasteiger partial charge is 0.259 e. The topological polar surface area (TPSA) is 89.9 Å². The minimum absolute atomic E-state index is 0.00353. The highest BCUT2D eigenvalue weighted by Gasteiger charge is 2.31. The molecule has 5 heterocycles. The van der Waals surface area contributed by atoms with Gasteiger partial charge in [0.2, 0.25) is 0 Å². The molecule has 8 heteroatoms. The highest BCUT2D eigenvalue weighted by molar-refractivity contribution is 6.07. The van der Waals surface area contributed by atoms with Gasteiger partial charge in [0.25, 0.3) is 11.6 Å². The van der Waals surface area contributed by atoms with E-state index in [0.29, 0.717) is 34.6 Å². The van der Waals surface area contributed by atoms with Crippen LogP contribution in [0, 0.1) is 6.92 Å². The normalized spacial score (nSPS) is 18.6. The summed E-state index contributed by atoms with van der Waals surface area (Å²) in [5.41, 5.74) is 3.34. The van der Waals surface area contributed by atoms with E-state index >= 15 is 0 Å². The van der Waals surface area contributed by atoms with Crippen LogP contribution in [0.4, 0.5) is 0 Å². The number of carbonyl (C=O) groups is 1. The number of amides is 1. The quantitative estimate of drug-likeness (QED) is 0.450. The van der Waals surface area contributed by atoms with Crippen LogP contribution in [0.15, 0.2) is 40.9 Å². The van der Waals surface area contributed by atoms with Gasteiger partial charge in [0, 0.05) is 37.5 Å². The SMILES string of the molecule is Cc1noc2nc(-c3ccccc3)cc(C(=O)N3CCCC(c4nnc5n4CCCCC5)C3)c12. The second-order valence-corrected chi connectivity index (χ2v) is 9.40. The van der Waals surface area contributed by atoms with E-state index in [2.05, 4.69) is 24.9 Å². The molecular formula is C26H28N6O2. The third-order valence-electron chi connectivity index (χ3n) is 7.13. The van der Waals surface area contributed by atoms with Gasteiger partial charge < -0.3 is 14.0 Å². The third kappa shape index (κ3) is 3.67. The van der Waals surface area contributed by atoms with Gasteiger partial charge in [-0.25, -0.2) is 4.98 Å². The lowest BCUT2D eigenvalue weighted by Gasteiger charge is -2.32. The van der Waals surface area contributed by atoms with E-state index in [1.165, 1.54) is 12.8 Å². The summed E-state index contributed by atoms with van der Waals surface area (Å²) in [6.07, 6.45) is 6.53. The second-order valence-electron chi connectivity index (χ2n) is 9.40. The van der Waals surface area contributed by atoms with Gasteiger partial charge in [-0.3, -0.25) is 4.79 Å². The number of aryl methyl sites for hydroxylation is 2. The summed E-state index contributed by atoms with van der Waals surface area (Å²) in [6, 6.07) is 11.7. The fraction of sp³-hybridized carbons (Fsp3) is 0.423. The molecule has 0 saturated carbocycles. The number of hydrogen-bond acceptors (Lipinski definition) is 6. The van der Waals surface area contributed by atoms with E-state index < -0.39 is 0 Å². The Labute approximate surface area is 198 Å². The zero-order chi connectivity index (χ0) is 23.1. The van der Waals surface area contributed by atoms with Gasteiger partial charge >= 0.3 is 0 Å². The molecule has 1 fully saturated rings. The standard InChI is InChI=1S/C26H28N6O2/c1-17-23-20(15-21(27-25(23)34-30-17)18-9-4-2-5-10-18)26(33)31-13-8-11-19(16-31)24-29-28-22-12-6-3-7-14-32(22)24/h2,4-5,9-10,15,19H,3,6-8,11-14,16H2,1H3. The predicted octanol–water partition coefficient (Wildman–Crippen LogP) is 4.54. The van der Waals surface area contributed by atoms with Crippen LogP contribution in [0.1, 0.15) is 65.7 Å². The minimum atomic E-state index is -0.00353. The van der Waals surface area contributed by atoms with Crippen LogP contribution < -0.4 is 0 Å². The van der Waals surface area contributed by atoms with E-state index in [-0.39, 0.29) is 11.8 Å². The van der Waals surface area contributed by atoms with Gasteiger partial charge in [0.15, 0.2) is 0 Å². The molecule has 1 amide bonds. The van der Waals surface area contributed by atoms with Crippen molar-refractivity contribution in [2.75, 3.05) is 13.1 Å². The van der Waals surface area contributed by atoms with Crippen LogP contribution in [-0.2, 0) is 13.0 Å². The van der Waals surface area contributed by atoms with Crippen molar-refractivity contribution < 1.29 is 9.32 Å². The molecular weight excluding hydrogens is 428 g/mol. The van der Waals surface area contributed by atoms with Crippen LogP contribution in [0.25, 0.3) is 22.4 Å². The number of hydrogen-bond donors (Lipinski definition) is 0. The lowest BCUT2D eigenvalue weighted by molar-refractivity contribution is 0.0705. The maximum absolute atomic E-state index is 13.9. The molecule has 174 valence electrons. The zero-order valence-corrected chi connectivity index (χ0v) is 19.4. The Balaban J connectivity index is 1.34. The van der Waals surface area contributed by atoms with E-state index in [9.17, 15) is 4.79 Å². The molecule has 8 nitrogen and oxygen atoms in total. The predicted molar refractivity (Wildman–Crippen MR) is 127 cm³/mol. The van der Waals surface area contributed by atoms with Gasteiger partial charge in [0.05, 0.1) is 22.3 Å². The van der Waals surface area contributed by atoms with Crippen molar-refractivity contribution in [2.24, 2.45) is 0 Å². The Morgan fingerprint density at radius 2 is 1.94 bits per heavy atom. The van der Waals surface area contributed by atoms with E-state index in [1.807, 2.05) is 48.2 Å². The molecule has 1 unspecified atom stereocenters. The average molecular weight is 457 g/mol. The first-order chi connectivity index (χ1) is 16.7. The van der Waals surface area contributed by atoms with E-state index in [1.54, 1.807) is 0 Å². The number of carbonyl (C=O) groups excluding carboxylic acids is 1. The van der Waals surface area contributed by atoms with E-state index in [4.69, 9.17) is 4.52 Å². The number of fused-ring (bicyclic) bond motifs is 2. The second kappa shape index (κ2) is 8.66. The van der Waals surface area contributed by atoms with Crippen molar-refractivity contribution >= 4 is 17.0 Å². The number of piperidine rings is 1. The molecule has 4 aromatic rings. The van der Waals surface area contributed by atoms with Crippen molar-refractivity contribution in [3.05, 3.63) is 59.3 Å². The number of nitrogens with zero attached hydrogens (tertiary/aromatic N) is 6. The molecule has 34 heavy (non-hydrogen) atoms. The fourth-order valence-corrected chi connectivity index (χ4v) is 5.37. The summed E-state index contributed by atoms with van der Waals surface area (Å²) in [7, 11) is 0. The number of benzene rings is 1. The largest absolute Gasteiger partial charge is 0.338 e. The molecule has 6 rings (SSSR count). The van der Waals surface area contributed by atoms with Crippen LogP contribution in [0.5, 0.6) is 0 Å². The minimum Gasteiger partial charge on any atom is -0.338 e. The third-order valence-corrected chi connectivity index (χ3v) is 7.13. The van der Waals surface area contributed by atoms with Gasteiger partial charge in [0.1, 0.15) is 11.6 Å². The van der Waals surface area contributed by atoms with Crippen LogP contribution in [-0.4, -0.2) is 48.8 Å². The average Bonchev–Trinajstić information content (AvgIpc) is 3.38. The molecule has 1 atom stereocenters. The van der Waals surface area contributed by atoms with Gasteiger partial charge in [-0.15, -0.1) is 10.2 Å². The Bertz CT molecular complexity index is 1340. The summed E-state index contributed by atoms with van der Waals surface area (Å²) >= 11 is 0. The number of pyridine rings is 1.